The summed E-state index contributed by atoms with van der Waals surface area (Å²) in [6.45, 7) is 1.51. The van der Waals surface area contributed by atoms with Crippen molar-refractivity contribution in [3.8, 4) is 0 Å². The molecule has 1 aliphatic rings. The Balaban J connectivity index is 2.46. The molecule has 1 unspecified atom stereocenters. The first kappa shape index (κ1) is 17.8. The molecule has 2 rings (SSSR count). The minimum Gasteiger partial charge on any atom is -0.304 e. The number of ketones is 1. The molecule has 1 aliphatic heterocycles. The van der Waals surface area contributed by atoms with E-state index >= 15 is 0 Å². The molecular weight excluding hydrogens is 327 g/mol. The van der Waals surface area contributed by atoms with Crippen LogP contribution in [0.1, 0.15) is 12.5 Å². The molecule has 0 aromatic heterocycles. The third-order valence-corrected chi connectivity index (χ3v) is 3.59. The monoisotopic (exact) mass is 343 g/mol. The fourth-order valence-corrected chi connectivity index (χ4v) is 2.19. The molecule has 6 nitrogen and oxygen atoms in total. The molecule has 24 heavy (non-hydrogen) atoms. The summed E-state index contributed by atoms with van der Waals surface area (Å²) in [5, 5.41) is 1.94. The van der Waals surface area contributed by atoms with Crippen molar-refractivity contribution in [1.82, 2.24) is 10.5 Å². The van der Waals surface area contributed by atoms with Gasteiger partial charge in [-0.25, -0.2) is 5.06 Å². The molecule has 0 spiro atoms. The molecule has 0 saturated heterocycles. The van der Waals surface area contributed by atoms with Gasteiger partial charge >= 0.3 is 6.18 Å². The maximum atomic E-state index is 12.9. The van der Waals surface area contributed by atoms with Gasteiger partial charge in [-0.3, -0.25) is 19.4 Å². The zero-order valence-corrected chi connectivity index (χ0v) is 13.2. The molecule has 0 saturated carbocycles. The van der Waals surface area contributed by atoms with Crippen LogP contribution in [0.2, 0.25) is 0 Å². The third kappa shape index (κ3) is 3.35. The van der Waals surface area contributed by atoms with Gasteiger partial charge in [0.15, 0.2) is 11.8 Å². The fraction of sp³-hybridized carbons (Fsp3) is 0.333. The number of carbonyl (C=O) groups excluding carboxylic acids is 2. The molecule has 130 valence electrons. The topological polar surface area (TPSA) is 61.9 Å². The van der Waals surface area contributed by atoms with E-state index in [-0.39, 0.29) is 11.3 Å². The lowest BCUT2D eigenvalue weighted by Gasteiger charge is -2.36. The second kappa shape index (κ2) is 6.52. The number of halogens is 3. The molecule has 1 N–H and O–H groups in total. The minimum atomic E-state index is -4.54. The molecular formula is C15H16F3N3O3. The lowest BCUT2D eigenvalue weighted by molar-refractivity contribution is -0.171. The molecule has 0 fully saturated rings. The standard InChI is InChI=1S/C15H16F3N3O3/c1-9-8-19-21(12(13(9)22)14(23)20(2)24-3)11-6-4-5-10(7-11)15(16,17)18/h4-8,12,19H,1-3H3. The number of nitrogens with zero attached hydrogens (tertiary/aromatic N) is 2. The first-order valence-corrected chi connectivity index (χ1v) is 6.92. The van der Waals surface area contributed by atoms with E-state index in [4.69, 9.17) is 4.84 Å². The molecule has 0 aliphatic carbocycles. The number of anilines is 1. The van der Waals surface area contributed by atoms with Gasteiger partial charge in [0, 0.05) is 18.8 Å². The quantitative estimate of drug-likeness (QED) is 0.671. The van der Waals surface area contributed by atoms with E-state index in [1.807, 2.05) is 0 Å². The van der Waals surface area contributed by atoms with Crippen molar-refractivity contribution in [3.05, 3.63) is 41.6 Å². The van der Waals surface area contributed by atoms with Crippen molar-refractivity contribution in [2.45, 2.75) is 19.1 Å². The van der Waals surface area contributed by atoms with Crippen molar-refractivity contribution >= 4 is 17.4 Å². The number of carbonyl (C=O) groups is 2. The number of hydrogen-bond donors (Lipinski definition) is 1. The van der Waals surface area contributed by atoms with E-state index in [1.54, 1.807) is 0 Å². The number of Topliss-reactive ketones (excluding diaryl/α,β-unsaturated/α-hetero) is 1. The zero-order chi connectivity index (χ0) is 18.1. The SMILES string of the molecule is CON(C)C(=O)C1C(=O)C(C)=CNN1c1cccc(C(F)(F)F)c1. The Kier molecular flexibility index (Phi) is 4.83. The summed E-state index contributed by atoms with van der Waals surface area (Å²) in [4.78, 5) is 29.6. The Labute approximate surface area is 136 Å². The molecule has 1 amide bonds. The van der Waals surface area contributed by atoms with Crippen LogP contribution >= 0.6 is 0 Å². The van der Waals surface area contributed by atoms with Crippen molar-refractivity contribution in [2.24, 2.45) is 0 Å². The average molecular weight is 343 g/mol. The van der Waals surface area contributed by atoms with Gasteiger partial charge < -0.3 is 5.43 Å². The average Bonchev–Trinajstić information content (AvgIpc) is 2.55. The fourth-order valence-electron chi connectivity index (χ4n) is 2.19. The third-order valence-electron chi connectivity index (χ3n) is 3.59. The number of benzene rings is 1. The second-order valence-corrected chi connectivity index (χ2v) is 5.16. The van der Waals surface area contributed by atoms with Crippen LogP contribution in [-0.4, -0.2) is 37.0 Å². The van der Waals surface area contributed by atoms with Gasteiger partial charge in [0.05, 0.1) is 18.4 Å². The summed E-state index contributed by atoms with van der Waals surface area (Å²) in [7, 11) is 2.56. The number of nitrogens with one attached hydrogen (secondary N) is 1. The first-order valence-electron chi connectivity index (χ1n) is 6.92. The van der Waals surface area contributed by atoms with Crippen LogP contribution in [-0.2, 0) is 20.6 Å². The molecule has 1 heterocycles. The minimum absolute atomic E-state index is 0.0322. The number of hydrogen-bond acceptors (Lipinski definition) is 5. The van der Waals surface area contributed by atoms with Gasteiger partial charge in [-0.1, -0.05) is 6.07 Å². The summed E-state index contributed by atoms with van der Waals surface area (Å²) >= 11 is 0. The van der Waals surface area contributed by atoms with E-state index in [0.29, 0.717) is 0 Å². The zero-order valence-electron chi connectivity index (χ0n) is 13.2. The molecule has 0 bridgehead atoms. The van der Waals surface area contributed by atoms with E-state index in [1.165, 1.54) is 39.4 Å². The van der Waals surface area contributed by atoms with Crippen molar-refractivity contribution in [3.63, 3.8) is 0 Å². The maximum Gasteiger partial charge on any atom is 0.416 e. The number of rotatable bonds is 3. The number of hydroxylamine groups is 2. The summed E-state index contributed by atoms with van der Waals surface area (Å²) in [6.07, 6.45) is -3.20. The molecule has 1 aromatic rings. The largest absolute Gasteiger partial charge is 0.416 e. The van der Waals surface area contributed by atoms with Crippen molar-refractivity contribution in [2.75, 3.05) is 19.2 Å². The Morgan fingerprint density at radius 1 is 1.38 bits per heavy atom. The molecule has 9 heteroatoms. The van der Waals surface area contributed by atoms with E-state index in [0.717, 1.165) is 22.2 Å². The van der Waals surface area contributed by atoms with Crippen LogP contribution < -0.4 is 10.4 Å². The van der Waals surface area contributed by atoms with E-state index in [9.17, 15) is 22.8 Å². The van der Waals surface area contributed by atoms with Gasteiger partial charge in [-0.15, -0.1) is 0 Å². The molecule has 1 atom stereocenters. The summed E-state index contributed by atoms with van der Waals surface area (Å²) in [5.41, 5.74) is 2.11. The van der Waals surface area contributed by atoms with E-state index in [2.05, 4.69) is 5.43 Å². The predicted octanol–water partition coefficient (Wildman–Crippen LogP) is 1.89. The Bertz CT molecular complexity index is 688. The van der Waals surface area contributed by atoms with Crippen LogP contribution in [0.4, 0.5) is 18.9 Å². The number of likely N-dealkylation sites (N-methyl/N-ethyl adjacent to an activating group) is 1. The highest BCUT2D eigenvalue weighted by atomic mass is 19.4. The Morgan fingerprint density at radius 3 is 2.62 bits per heavy atom. The summed E-state index contributed by atoms with van der Waals surface area (Å²) in [6, 6.07) is 2.98. The van der Waals surface area contributed by atoms with Gasteiger partial charge in [-0.05, 0) is 25.1 Å². The molecule has 0 radical (unpaired) electrons. The number of amides is 1. The predicted molar refractivity (Wildman–Crippen MR) is 79.4 cm³/mol. The highest BCUT2D eigenvalue weighted by molar-refractivity contribution is 6.15. The van der Waals surface area contributed by atoms with Gasteiger partial charge in [0.25, 0.3) is 5.91 Å². The second-order valence-electron chi connectivity index (χ2n) is 5.16. The normalized spacial score (nSPS) is 18.1. The number of alkyl halides is 3. The van der Waals surface area contributed by atoms with Gasteiger partial charge in [0.2, 0.25) is 0 Å². The van der Waals surface area contributed by atoms with Gasteiger partial charge in [0.1, 0.15) is 0 Å². The summed E-state index contributed by atoms with van der Waals surface area (Å²) < 4.78 is 38.7. The lowest BCUT2D eigenvalue weighted by Crippen LogP contribution is -2.58. The highest BCUT2D eigenvalue weighted by Gasteiger charge is 2.39. The smallest absolute Gasteiger partial charge is 0.304 e. The van der Waals surface area contributed by atoms with Crippen molar-refractivity contribution in [1.29, 1.82) is 0 Å². The number of hydrazine groups is 1. The van der Waals surface area contributed by atoms with Crippen LogP contribution in [0.15, 0.2) is 36.0 Å². The Morgan fingerprint density at radius 2 is 2.04 bits per heavy atom. The van der Waals surface area contributed by atoms with Gasteiger partial charge in [-0.2, -0.15) is 13.2 Å². The Hall–Kier alpha value is -2.55. The molecule has 1 aromatic carbocycles. The van der Waals surface area contributed by atoms with Crippen molar-refractivity contribution < 1.29 is 27.6 Å². The lowest BCUT2D eigenvalue weighted by atomic mass is 10.0. The van der Waals surface area contributed by atoms with E-state index < -0.39 is 29.5 Å². The van der Waals surface area contributed by atoms with Crippen LogP contribution in [0.3, 0.4) is 0 Å². The van der Waals surface area contributed by atoms with Crippen LogP contribution in [0, 0.1) is 0 Å². The highest BCUT2D eigenvalue weighted by Crippen LogP contribution is 2.32. The summed E-state index contributed by atoms with van der Waals surface area (Å²) in [5.74, 6) is -1.24. The van der Waals surface area contributed by atoms with Crippen LogP contribution in [0.25, 0.3) is 0 Å². The maximum absolute atomic E-state index is 12.9. The first-order chi connectivity index (χ1) is 11.2. The van der Waals surface area contributed by atoms with Crippen LogP contribution in [0.5, 0.6) is 0 Å².